The lowest BCUT2D eigenvalue weighted by atomic mass is 9.97. The molecule has 4 rings (SSSR count). The molecule has 0 radical (unpaired) electrons. The van der Waals surface area contributed by atoms with Gasteiger partial charge in [0.2, 0.25) is 5.13 Å². The Morgan fingerprint density at radius 3 is 2.54 bits per heavy atom. The van der Waals surface area contributed by atoms with Gasteiger partial charge in [0.15, 0.2) is 0 Å². The van der Waals surface area contributed by atoms with E-state index in [4.69, 9.17) is 9.84 Å². The molecule has 37 heavy (non-hydrogen) atoms. The van der Waals surface area contributed by atoms with Gasteiger partial charge in [-0.25, -0.2) is 4.39 Å². The SMILES string of the molecule is CCN(C(=O)c1ccccc1F)c1nnc(-c2ccc(OCCN3CCC(C(=O)O)CC3)c(C)c2C)s1. The van der Waals surface area contributed by atoms with Gasteiger partial charge in [-0.3, -0.25) is 19.4 Å². The van der Waals surface area contributed by atoms with Crippen LogP contribution in [0, 0.1) is 25.6 Å². The lowest BCUT2D eigenvalue weighted by Gasteiger charge is -2.29. The smallest absolute Gasteiger partial charge is 0.306 e. The molecule has 1 saturated heterocycles. The van der Waals surface area contributed by atoms with Gasteiger partial charge >= 0.3 is 5.97 Å². The summed E-state index contributed by atoms with van der Waals surface area (Å²) >= 11 is 1.29. The molecule has 2 aromatic carbocycles. The number of aliphatic carboxylic acids is 1. The van der Waals surface area contributed by atoms with Crippen LogP contribution in [0.5, 0.6) is 5.75 Å². The highest BCUT2D eigenvalue weighted by molar-refractivity contribution is 7.18. The lowest BCUT2D eigenvalue weighted by molar-refractivity contribution is -0.143. The van der Waals surface area contributed by atoms with Crippen molar-refractivity contribution in [1.29, 1.82) is 0 Å². The number of carboxylic acids is 1. The normalized spacial score (nSPS) is 14.5. The highest BCUT2D eigenvalue weighted by atomic mass is 32.1. The van der Waals surface area contributed by atoms with E-state index in [1.807, 2.05) is 32.9 Å². The average Bonchev–Trinajstić information content (AvgIpc) is 3.37. The molecule has 1 amide bonds. The van der Waals surface area contributed by atoms with Crippen molar-refractivity contribution in [3.05, 3.63) is 58.9 Å². The number of piperidine rings is 1. The fourth-order valence-electron chi connectivity index (χ4n) is 4.45. The van der Waals surface area contributed by atoms with E-state index in [1.165, 1.54) is 28.4 Å². The van der Waals surface area contributed by atoms with Crippen molar-refractivity contribution >= 4 is 28.3 Å². The van der Waals surface area contributed by atoms with Gasteiger partial charge in [-0.15, -0.1) is 10.2 Å². The summed E-state index contributed by atoms with van der Waals surface area (Å²) in [7, 11) is 0. The van der Waals surface area contributed by atoms with Gasteiger partial charge in [-0.1, -0.05) is 23.5 Å². The average molecular weight is 527 g/mol. The summed E-state index contributed by atoms with van der Waals surface area (Å²) in [5.74, 6) is -1.17. The van der Waals surface area contributed by atoms with Crippen LogP contribution in [-0.2, 0) is 4.79 Å². The largest absolute Gasteiger partial charge is 0.492 e. The van der Waals surface area contributed by atoms with Crippen molar-refractivity contribution in [2.45, 2.75) is 33.6 Å². The number of halogens is 1. The molecular weight excluding hydrogens is 495 g/mol. The molecule has 1 N–H and O–H groups in total. The zero-order valence-electron chi connectivity index (χ0n) is 21.2. The highest BCUT2D eigenvalue weighted by Gasteiger charge is 2.25. The first kappa shape index (κ1) is 26.7. The third kappa shape index (κ3) is 5.97. The number of carbonyl (C=O) groups is 2. The zero-order valence-corrected chi connectivity index (χ0v) is 22.1. The van der Waals surface area contributed by atoms with Crippen LogP contribution in [0.25, 0.3) is 10.6 Å². The van der Waals surface area contributed by atoms with Crippen LogP contribution in [0.15, 0.2) is 36.4 Å². The molecule has 3 aromatic rings. The number of rotatable bonds is 9. The van der Waals surface area contributed by atoms with E-state index in [0.717, 1.165) is 42.1 Å². The first-order valence-electron chi connectivity index (χ1n) is 12.4. The Kier molecular flexibility index (Phi) is 8.50. The summed E-state index contributed by atoms with van der Waals surface area (Å²) in [4.78, 5) is 27.7. The van der Waals surface area contributed by atoms with Gasteiger partial charge in [0.05, 0.1) is 11.5 Å². The quantitative estimate of drug-likeness (QED) is 0.428. The zero-order chi connectivity index (χ0) is 26.5. The summed E-state index contributed by atoms with van der Waals surface area (Å²) in [5.41, 5.74) is 2.90. The standard InChI is InChI=1S/C27H31FN4O4S/c1-4-32(25(33)21-7-5-6-8-22(21)28)27-30-29-24(37-27)20-9-10-23(18(3)17(20)2)36-16-15-31-13-11-19(12-14-31)26(34)35/h5-10,19H,4,11-16H2,1-3H3,(H,34,35). The van der Waals surface area contributed by atoms with Gasteiger partial charge in [0.1, 0.15) is 23.2 Å². The van der Waals surface area contributed by atoms with E-state index < -0.39 is 17.7 Å². The second-order valence-corrected chi connectivity index (χ2v) is 10.0. The molecule has 8 nitrogen and oxygen atoms in total. The summed E-state index contributed by atoms with van der Waals surface area (Å²) < 4.78 is 20.2. The van der Waals surface area contributed by atoms with E-state index in [9.17, 15) is 14.0 Å². The number of benzene rings is 2. The maximum atomic E-state index is 14.2. The second-order valence-electron chi connectivity index (χ2n) is 9.08. The minimum atomic E-state index is -0.705. The van der Waals surface area contributed by atoms with E-state index >= 15 is 0 Å². The van der Waals surface area contributed by atoms with E-state index in [-0.39, 0.29) is 11.5 Å². The molecular formula is C27H31FN4O4S. The molecule has 0 bridgehead atoms. The fourth-order valence-corrected chi connectivity index (χ4v) is 5.44. The van der Waals surface area contributed by atoms with E-state index in [1.54, 1.807) is 12.1 Å². The van der Waals surface area contributed by atoms with Gasteiger partial charge < -0.3 is 9.84 Å². The Bertz CT molecular complexity index is 1270. The first-order chi connectivity index (χ1) is 17.8. The second kappa shape index (κ2) is 11.8. The number of likely N-dealkylation sites (tertiary alicyclic amines) is 1. The Balaban J connectivity index is 1.42. The first-order valence-corrected chi connectivity index (χ1v) is 13.2. The van der Waals surface area contributed by atoms with Gasteiger partial charge in [-0.05, 0) is 82.1 Å². The van der Waals surface area contributed by atoms with Crippen LogP contribution >= 0.6 is 11.3 Å². The van der Waals surface area contributed by atoms with Crippen molar-refractivity contribution < 1.29 is 23.8 Å². The molecule has 1 fully saturated rings. The van der Waals surface area contributed by atoms with Crippen molar-refractivity contribution in [1.82, 2.24) is 15.1 Å². The van der Waals surface area contributed by atoms with Gasteiger partial charge in [0, 0.05) is 18.7 Å². The molecule has 1 aliphatic heterocycles. The maximum Gasteiger partial charge on any atom is 0.306 e. The Hall–Kier alpha value is -3.37. The summed E-state index contributed by atoms with van der Waals surface area (Å²) in [6, 6.07) is 9.77. The summed E-state index contributed by atoms with van der Waals surface area (Å²) in [5, 5.41) is 18.8. The minimum Gasteiger partial charge on any atom is -0.492 e. The molecule has 196 valence electrons. The predicted octanol–water partition coefficient (Wildman–Crippen LogP) is 4.80. The Morgan fingerprint density at radius 2 is 1.86 bits per heavy atom. The predicted molar refractivity (Wildman–Crippen MR) is 141 cm³/mol. The van der Waals surface area contributed by atoms with Crippen molar-refractivity contribution in [2.75, 3.05) is 37.7 Å². The van der Waals surface area contributed by atoms with Crippen LogP contribution < -0.4 is 9.64 Å². The molecule has 0 spiro atoms. The number of aromatic nitrogens is 2. The number of carboxylic acid groups (broad SMARTS) is 1. The van der Waals surface area contributed by atoms with E-state index in [2.05, 4.69) is 15.1 Å². The molecule has 0 unspecified atom stereocenters. The number of nitrogens with zero attached hydrogens (tertiary/aromatic N) is 4. The maximum absolute atomic E-state index is 14.2. The third-order valence-electron chi connectivity index (χ3n) is 6.88. The lowest BCUT2D eigenvalue weighted by Crippen LogP contribution is -2.38. The molecule has 1 aliphatic rings. The fraction of sp³-hybridized carbons (Fsp3) is 0.407. The molecule has 1 aromatic heterocycles. The summed E-state index contributed by atoms with van der Waals surface area (Å²) in [6.45, 7) is 8.94. The van der Waals surface area contributed by atoms with Crippen LogP contribution in [0.3, 0.4) is 0 Å². The van der Waals surface area contributed by atoms with Crippen LogP contribution in [0.1, 0.15) is 41.3 Å². The van der Waals surface area contributed by atoms with E-state index in [0.29, 0.717) is 36.1 Å². The number of hydrogen-bond donors (Lipinski definition) is 1. The van der Waals surface area contributed by atoms with Crippen LogP contribution in [0.2, 0.25) is 0 Å². The highest BCUT2D eigenvalue weighted by Crippen LogP contribution is 2.35. The molecule has 10 heteroatoms. The Morgan fingerprint density at radius 1 is 1.14 bits per heavy atom. The van der Waals surface area contributed by atoms with Crippen molar-refractivity contribution in [3.8, 4) is 16.3 Å². The Labute approximate surface area is 219 Å². The molecule has 0 atom stereocenters. The molecule has 0 saturated carbocycles. The topological polar surface area (TPSA) is 95.9 Å². The van der Waals surface area contributed by atoms with Crippen LogP contribution in [0.4, 0.5) is 9.52 Å². The number of carbonyl (C=O) groups excluding carboxylic acids is 1. The monoisotopic (exact) mass is 526 g/mol. The molecule has 0 aliphatic carbocycles. The number of amides is 1. The number of anilines is 1. The van der Waals surface area contributed by atoms with Crippen molar-refractivity contribution in [2.24, 2.45) is 5.92 Å². The number of hydrogen-bond acceptors (Lipinski definition) is 7. The minimum absolute atomic E-state index is 0.000818. The van der Waals surface area contributed by atoms with Crippen LogP contribution in [-0.4, -0.2) is 64.9 Å². The van der Waals surface area contributed by atoms with Gasteiger partial charge in [-0.2, -0.15) is 0 Å². The molecule has 2 heterocycles. The summed E-state index contributed by atoms with van der Waals surface area (Å²) in [6.07, 6.45) is 1.35. The van der Waals surface area contributed by atoms with Crippen molar-refractivity contribution in [3.63, 3.8) is 0 Å². The number of ether oxygens (including phenoxy) is 1. The van der Waals surface area contributed by atoms with Gasteiger partial charge in [0.25, 0.3) is 5.91 Å². The third-order valence-corrected chi connectivity index (χ3v) is 7.86.